The summed E-state index contributed by atoms with van der Waals surface area (Å²) in [6.45, 7) is 3.52. The molecule has 0 fully saturated rings. The van der Waals surface area contributed by atoms with Gasteiger partial charge in [0.25, 0.3) is 5.56 Å². The van der Waals surface area contributed by atoms with Crippen LogP contribution in [0.15, 0.2) is 40.3 Å². The summed E-state index contributed by atoms with van der Waals surface area (Å²) in [7, 11) is 0. The smallest absolute Gasteiger partial charge is 0.316 e. The van der Waals surface area contributed by atoms with Crippen LogP contribution >= 0.6 is 23.1 Å². The molecule has 2 heterocycles. The summed E-state index contributed by atoms with van der Waals surface area (Å²) < 4.78 is 0. The summed E-state index contributed by atoms with van der Waals surface area (Å²) in [6, 6.07) is 9.71. The first-order valence-electron chi connectivity index (χ1n) is 6.95. The summed E-state index contributed by atoms with van der Waals surface area (Å²) in [5.74, 6) is -0.940. The summed E-state index contributed by atoms with van der Waals surface area (Å²) in [5.41, 5.74) is 1.63. The lowest BCUT2D eigenvalue weighted by molar-refractivity contribution is -0.136. The minimum Gasteiger partial charge on any atom is -0.480 e. The van der Waals surface area contributed by atoms with E-state index in [1.807, 2.05) is 37.3 Å². The van der Waals surface area contributed by atoms with Gasteiger partial charge in [-0.2, -0.15) is 0 Å². The summed E-state index contributed by atoms with van der Waals surface area (Å²) in [4.78, 5) is 32.2. The first kappa shape index (κ1) is 15.8. The standard InChI is InChI=1S/C16H14N2O3S2/c1-8-11(10-6-4-3-5-7-10)12-13(19)17-16(18-14(12)22-8)23-9(2)15(20)21/h3-7,9H,1-2H3,(H,20,21)(H,17,18,19)/t9-/m0/s1. The highest BCUT2D eigenvalue weighted by Crippen LogP contribution is 2.36. The number of aromatic amines is 1. The number of nitrogens with zero attached hydrogens (tertiary/aromatic N) is 1. The third-order valence-electron chi connectivity index (χ3n) is 3.41. The molecule has 0 aliphatic rings. The number of thioether (sulfide) groups is 1. The second-order valence-electron chi connectivity index (χ2n) is 5.05. The Hall–Kier alpha value is -2.12. The maximum absolute atomic E-state index is 12.5. The maximum Gasteiger partial charge on any atom is 0.316 e. The van der Waals surface area contributed by atoms with E-state index in [0.717, 1.165) is 27.8 Å². The molecule has 2 N–H and O–H groups in total. The molecule has 7 heteroatoms. The molecule has 0 saturated carbocycles. The van der Waals surface area contributed by atoms with Crippen molar-refractivity contribution in [3.8, 4) is 11.1 Å². The highest BCUT2D eigenvalue weighted by Gasteiger charge is 2.19. The number of benzene rings is 1. The molecule has 3 aromatic rings. The van der Waals surface area contributed by atoms with E-state index in [1.165, 1.54) is 11.3 Å². The average molecular weight is 346 g/mol. The van der Waals surface area contributed by atoms with Gasteiger partial charge in [0.05, 0.1) is 5.39 Å². The number of aliphatic carboxylic acids is 1. The van der Waals surface area contributed by atoms with E-state index in [9.17, 15) is 9.59 Å². The lowest BCUT2D eigenvalue weighted by Crippen LogP contribution is -2.14. The number of fused-ring (bicyclic) bond motifs is 1. The molecule has 1 aromatic carbocycles. The van der Waals surface area contributed by atoms with E-state index in [0.29, 0.717) is 15.4 Å². The minimum absolute atomic E-state index is 0.238. The minimum atomic E-state index is -0.940. The molecule has 2 aromatic heterocycles. The van der Waals surface area contributed by atoms with Crippen LogP contribution in [0, 0.1) is 6.92 Å². The Labute approximate surface area is 140 Å². The Kier molecular flexibility index (Phi) is 4.23. The van der Waals surface area contributed by atoms with Crippen LogP contribution in [0.1, 0.15) is 11.8 Å². The summed E-state index contributed by atoms with van der Waals surface area (Å²) >= 11 is 2.48. The van der Waals surface area contributed by atoms with Crippen LogP contribution < -0.4 is 5.56 Å². The molecule has 5 nitrogen and oxygen atoms in total. The van der Waals surface area contributed by atoms with Crippen LogP contribution in [0.2, 0.25) is 0 Å². The third kappa shape index (κ3) is 3.02. The fourth-order valence-corrected chi connectivity index (χ4v) is 4.16. The number of carboxylic acids is 1. The van der Waals surface area contributed by atoms with Crippen molar-refractivity contribution in [1.82, 2.24) is 9.97 Å². The molecular formula is C16H14N2O3S2. The second kappa shape index (κ2) is 6.17. The fourth-order valence-electron chi connectivity index (χ4n) is 2.33. The molecule has 3 rings (SSSR count). The van der Waals surface area contributed by atoms with E-state index in [4.69, 9.17) is 5.11 Å². The molecule has 23 heavy (non-hydrogen) atoms. The number of rotatable bonds is 4. The Balaban J connectivity index is 2.15. The van der Waals surface area contributed by atoms with Gasteiger partial charge in [0, 0.05) is 10.4 Å². The molecule has 0 aliphatic carbocycles. The fraction of sp³-hybridized carbons (Fsp3) is 0.188. The molecule has 0 amide bonds. The molecule has 0 aliphatic heterocycles. The number of hydrogen-bond donors (Lipinski definition) is 2. The van der Waals surface area contributed by atoms with E-state index >= 15 is 0 Å². The SMILES string of the molecule is Cc1sc2nc(S[C@@H](C)C(=O)O)[nH]c(=O)c2c1-c1ccccc1. The highest BCUT2D eigenvalue weighted by atomic mass is 32.2. The normalized spacial score (nSPS) is 12.4. The molecule has 0 saturated heterocycles. The van der Waals surface area contributed by atoms with Gasteiger partial charge in [-0.25, -0.2) is 4.98 Å². The topological polar surface area (TPSA) is 83.0 Å². The van der Waals surface area contributed by atoms with Crippen molar-refractivity contribution in [3.05, 3.63) is 45.6 Å². The lowest BCUT2D eigenvalue weighted by atomic mass is 10.0. The van der Waals surface area contributed by atoms with Gasteiger partial charge in [-0.15, -0.1) is 11.3 Å². The summed E-state index contributed by atoms with van der Waals surface area (Å²) in [6.07, 6.45) is 0. The van der Waals surface area contributed by atoms with Crippen molar-refractivity contribution in [2.75, 3.05) is 0 Å². The predicted molar refractivity (Wildman–Crippen MR) is 93.4 cm³/mol. The number of carboxylic acid groups (broad SMARTS) is 1. The van der Waals surface area contributed by atoms with Crippen molar-refractivity contribution in [2.45, 2.75) is 24.3 Å². The Morgan fingerprint density at radius 2 is 2.04 bits per heavy atom. The first-order chi connectivity index (χ1) is 11.0. The first-order valence-corrected chi connectivity index (χ1v) is 8.65. The van der Waals surface area contributed by atoms with Crippen LogP contribution in [0.4, 0.5) is 0 Å². The second-order valence-corrected chi connectivity index (χ2v) is 7.58. The Morgan fingerprint density at radius 3 is 2.70 bits per heavy atom. The average Bonchev–Trinajstić information content (AvgIpc) is 2.84. The number of hydrogen-bond acceptors (Lipinski definition) is 5. The molecule has 0 radical (unpaired) electrons. The van der Waals surface area contributed by atoms with Gasteiger partial charge >= 0.3 is 5.97 Å². The number of H-pyrrole nitrogens is 1. The van der Waals surface area contributed by atoms with Crippen molar-refractivity contribution >= 4 is 39.3 Å². The van der Waals surface area contributed by atoms with Gasteiger partial charge in [0.15, 0.2) is 5.16 Å². The van der Waals surface area contributed by atoms with Crippen LogP contribution in [0.5, 0.6) is 0 Å². The number of aromatic nitrogens is 2. The third-order valence-corrected chi connectivity index (χ3v) is 5.39. The number of nitrogens with one attached hydrogen (secondary N) is 1. The van der Waals surface area contributed by atoms with Crippen molar-refractivity contribution in [1.29, 1.82) is 0 Å². The van der Waals surface area contributed by atoms with E-state index in [1.54, 1.807) is 6.92 Å². The van der Waals surface area contributed by atoms with E-state index < -0.39 is 11.2 Å². The zero-order valence-corrected chi connectivity index (χ0v) is 14.1. The monoisotopic (exact) mass is 346 g/mol. The van der Waals surface area contributed by atoms with Gasteiger partial charge in [-0.3, -0.25) is 9.59 Å². The number of carbonyl (C=O) groups is 1. The number of aryl methyl sites for hydroxylation is 1. The Bertz CT molecular complexity index is 932. The lowest BCUT2D eigenvalue weighted by Gasteiger charge is -2.05. The van der Waals surface area contributed by atoms with Gasteiger partial charge < -0.3 is 10.1 Å². The molecule has 1 atom stereocenters. The van der Waals surface area contributed by atoms with Crippen molar-refractivity contribution < 1.29 is 9.90 Å². The highest BCUT2D eigenvalue weighted by molar-refractivity contribution is 8.00. The van der Waals surface area contributed by atoms with Crippen molar-refractivity contribution in [2.24, 2.45) is 0 Å². The predicted octanol–water partition coefficient (Wildman–Crippen LogP) is 3.53. The van der Waals surface area contributed by atoms with Gasteiger partial charge in [0.2, 0.25) is 0 Å². The summed E-state index contributed by atoms with van der Waals surface area (Å²) in [5, 5.41) is 9.20. The Morgan fingerprint density at radius 1 is 1.35 bits per heavy atom. The van der Waals surface area contributed by atoms with Crippen LogP contribution in [-0.2, 0) is 4.79 Å². The molecule has 0 bridgehead atoms. The zero-order chi connectivity index (χ0) is 16.6. The molecular weight excluding hydrogens is 332 g/mol. The van der Waals surface area contributed by atoms with Crippen LogP contribution in [0.3, 0.4) is 0 Å². The largest absolute Gasteiger partial charge is 0.480 e. The van der Waals surface area contributed by atoms with Crippen LogP contribution in [-0.4, -0.2) is 26.3 Å². The van der Waals surface area contributed by atoms with Gasteiger partial charge in [-0.05, 0) is 19.4 Å². The molecule has 0 spiro atoms. The van der Waals surface area contributed by atoms with E-state index in [2.05, 4.69) is 9.97 Å². The zero-order valence-electron chi connectivity index (χ0n) is 12.5. The van der Waals surface area contributed by atoms with Crippen molar-refractivity contribution in [3.63, 3.8) is 0 Å². The maximum atomic E-state index is 12.5. The quantitative estimate of drug-likeness (QED) is 0.558. The molecule has 118 valence electrons. The number of thiophene rings is 1. The van der Waals surface area contributed by atoms with Gasteiger partial charge in [-0.1, -0.05) is 42.1 Å². The van der Waals surface area contributed by atoms with Gasteiger partial charge in [0.1, 0.15) is 10.1 Å². The van der Waals surface area contributed by atoms with E-state index in [-0.39, 0.29) is 5.56 Å². The molecule has 0 unspecified atom stereocenters. The van der Waals surface area contributed by atoms with Crippen LogP contribution in [0.25, 0.3) is 21.3 Å².